The van der Waals surface area contributed by atoms with Crippen LogP contribution in [0, 0.1) is 0 Å². The number of aliphatic hydroxyl groups is 1. The van der Waals surface area contributed by atoms with E-state index in [9.17, 15) is 5.11 Å². The lowest BCUT2D eigenvalue weighted by Gasteiger charge is -2.31. The van der Waals surface area contributed by atoms with E-state index in [0.717, 1.165) is 36.5 Å². The van der Waals surface area contributed by atoms with Gasteiger partial charge in [-0.1, -0.05) is 18.9 Å². The Hall–Kier alpha value is -1.50. The smallest absolute Gasteiger partial charge is 0.233 e. The molecule has 24 heavy (non-hydrogen) atoms. The monoisotopic (exact) mass is 347 g/mol. The Morgan fingerprint density at radius 3 is 2.92 bits per heavy atom. The summed E-state index contributed by atoms with van der Waals surface area (Å²) in [6.45, 7) is 1.83. The van der Waals surface area contributed by atoms with Crippen LogP contribution < -0.4 is 4.74 Å². The van der Waals surface area contributed by atoms with Gasteiger partial charge in [-0.2, -0.15) is 5.10 Å². The fraction of sp³-hybridized carbons (Fsp3) is 0.556. The number of hydrogen-bond donors (Lipinski definition) is 1. The van der Waals surface area contributed by atoms with E-state index in [0.29, 0.717) is 11.9 Å². The highest BCUT2D eigenvalue weighted by molar-refractivity contribution is 7.10. The molecule has 2 aromatic rings. The molecule has 6 heteroatoms. The zero-order valence-corrected chi connectivity index (χ0v) is 14.9. The fourth-order valence-electron chi connectivity index (χ4n) is 3.32. The number of aliphatic hydroxyl groups excluding tert-OH is 1. The molecule has 1 aliphatic heterocycles. The van der Waals surface area contributed by atoms with Crippen LogP contribution in [0.3, 0.4) is 0 Å². The minimum atomic E-state index is -0.377. The highest BCUT2D eigenvalue weighted by atomic mass is 32.1. The minimum Gasteiger partial charge on any atom is -0.480 e. The molecule has 0 aromatic carbocycles. The molecule has 3 heterocycles. The van der Waals surface area contributed by atoms with Gasteiger partial charge in [-0.25, -0.2) is 0 Å². The third kappa shape index (κ3) is 4.53. The number of methoxy groups -OCH3 is 1. The van der Waals surface area contributed by atoms with Gasteiger partial charge in [0, 0.05) is 23.5 Å². The van der Waals surface area contributed by atoms with Gasteiger partial charge < -0.3 is 9.84 Å². The Labute approximate surface area is 147 Å². The van der Waals surface area contributed by atoms with E-state index in [1.807, 2.05) is 29.6 Å². The molecule has 0 radical (unpaired) electrons. The molecule has 2 atom stereocenters. The van der Waals surface area contributed by atoms with E-state index in [1.54, 1.807) is 18.4 Å². The molecule has 1 fully saturated rings. The topological polar surface area (TPSA) is 58.5 Å². The van der Waals surface area contributed by atoms with Gasteiger partial charge >= 0.3 is 0 Å². The van der Waals surface area contributed by atoms with Crippen LogP contribution in [0.5, 0.6) is 5.88 Å². The van der Waals surface area contributed by atoms with E-state index < -0.39 is 0 Å². The summed E-state index contributed by atoms with van der Waals surface area (Å²) in [7, 11) is 1.60. The molecule has 1 saturated heterocycles. The van der Waals surface area contributed by atoms with Crippen LogP contribution in [0.15, 0.2) is 29.6 Å². The van der Waals surface area contributed by atoms with Crippen molar-refractivity contribution in [3.63, 3.8) is 0 Å². The van der Waals surface area contributed by atoms with Crippen LogP contribution in [-0.2, 0) is 6.54 Å². The molecular weight excluding hydrogens is 322 g/mol. The molecule has 3 rings (SSSR count). The Kier molecular flexibility index (Phi) is 6.18. The van der Waals surface area contributed by atoms with Gasteiger partial charge in [0.05, 0.1) is 18.9 Å². The van der Waals surface area contributed by atoms with Crippen LogP contribution in [0.4, 0.5) is 0 Å². The molecule has 0 amide bonds. The number of likely N-dealkylation sites (tertiary alicyclic amines) is 1. The Bertz CT molecular complexity index is 603. The van der Waals surface area contributed by atoms with Crippen molar-refractivity contribution in [2.75, 3.05) is 13.7 Å². The molecule has 5 nitrogen and oxygen atoms in total. The maximum atomic E-state index is 10.5. The van der Waals surface area contributed by atoms with Crippen LogP contribution in [-0.4, -0.2) is 39.9 Å². The largest absolute Gasteiger partial charge is 0.480 e. The average Bonchev–Trinajstić information content (AvgIpc) is 3.07. The summed E-state index contributed by atoms with van der Waals surface area (Å²) in [5, 5.41) is 20.9. The molecule has 1 aliphatic rings. The molecule has 0 spiro atoms. The number of nitrogens with zero attached hydrogens (tertiary/aromatic N) is 3. The first-order valence-corrected chi connectivity index (χ1v) is 9.46. The van der Waals surface area contributed by atoms with Crippen LogP contribution in [0.25, 0.3) is 0 Å². The first-order chi connectivity index (χ1) is 11.8. The van der Waals surface area contributed by atoms with Gasteiger partial charge in [0.1, 0.15) is 0 Å². The molecule has 2 aromatic heterocycles. The Balaban J connectivity index is 1.67. The van der Waals surface area contributed by atoms with Crippen LogP contribution >= 0.6 is 11.3 Å². The summed E-state index contributed by atoms with van der Waals surface area (Å²) in [6, 6.07) is 8.24. The number of hydrogen-bond acceptors (Lipinski definition) is 6. The molecular formula is C18H25N3O2S. The number of ether oxygens (including phenoxy) is 1. The quantitative estimate of drug-likeness (QED) is 0.868. The van der Waals surface area contributed by atoms with Gasteiger partial charge in [-0.05, 0) is 43.3 Å². The van der Waals surface area contributed by atoms with Crippen LogP contribution in [0.2, 0.25) is 0 Å². The SMILES string of the molecule is COc1ccc(CN2CCCCC[C@@H]2C[C@@H](O)c2cccs2)nn1. The summed E-state index contributed by atoms with van der Waals surface area (Å²) in [6.07, 6.45) is 5.23. The molecule has 130 valence electrons. The van der Waals surface area contributed by atoms with Gasteiger partial charge in [0.15, 0.2) is 0 Å². The van der Waals surface area contributed by atoms with E-state index in [4.69, 9.17) is 4.74 Å². The highest BCUT2D eigenvalue weighted by Gasteiger charge is 2.25. The third-order valence-corrected chi connectivity index (χ3v) is 5.61. The maximum Gasteiger partial charge on any atom is 0.233 e. The summed E-state index contributed by atoms with van der Waals surface area (Å²) in [5.74, 6) is 0.541. The van der Waals surface area contributed by atoms with E-state index in [2.05, 4.69) is 15.1 Å². The second-order valence-corrected chi connectivity index (χ2v) is 7.29. The number of aromatic nitrogens is 2. The van der Waals surface area contributed by atoms with Crippen molar-refractivity contribution in [2.45, 2.75) is 50.8 Å². The van der Waals surface area contributed by atoms with Crippen molar-refractivity contribution in [3.8, 4) is 5.88 Å². The molecule has 0 bridgehead atoms. The van der Waals surface area contributed by atoms with Gasteiger partial charge in [-0.15, -0.1) is 16.4 Å². The van der Waals surface area contributed by atoms with Gasteiger partial charge in [-0.3, -0.25) is 4.90 Å². The average molecular weight is 347 g/mol. The van der Waals surface area contributed by atoms with Crippen molar-refractivity contribution in [3.05, 3.63) is 40.2 Å². The van der Waals surface area contributed by atoms with Crippen molar-refractivity contribution in [1.29, 1.82) is 0 Å². The van der Waals surface area contributed by atoms with Crippen molar-refractivity contribution in [2.24, 2.45) is 0 Å². The normalized spacial score (nSPS) is 20.5. The van der Waals surface area contributed by atoms with E-state index >= 15 is 0 Å². The van der Waals surface area contributed by atoms with E-state index in [1.165, 1.54) is 19.3 Å². The molecule has 0 saturated carbocycles. The Morgan fingerprint density at radius 2 is 2.21 bits per heavy atom. The van der Waals surface area contributed by atoms with Crippen LogP contribution in [0.1, 0.15) is 48.8 Å². The van der Waals surface area contributed by atoms with E-state index in [-0.39, 0.29) is 6.10 Å². The summed E-state index contributed by atoms with van der Waals surface area (Å²) < 4.78 is 5.08. The molecule has 0 aliphatic carbocycles. The predicted octanol–water partition coefficient (Wildman–Crippen LogP) is 3.42. The molecule has 1 N–H and O–H groups in total. The third-order valence-electron chi connectivity index (χ3n) is 4.64. The van der Waals surface area contributed by atoms with Crippen molar-refractivity contribution in [1.82, 2.24) is 15.1 Å². The second kappa shape index (κ2) is 8.55. The Morgan fingerprint density at radius 1 is 1.29 bits per heavy atom. The van der Waals surface area contributed by atoms with Crippen molar-refractivity contribution >= 4 is 11.3 Å². The maximum absolute atomic E-state index is 10.5. The summed E-state index contributed by atoms with van der Waals surface area (Å²) in [5.41, 5.74) is 0.952. The standard InChI is InChI=1S/C18H25N3O2S/c1-23-18-9-8-14(19-20-18)13-21-10-4-2-3-6-15(21)12-16(22)17-7-5-11-24-17/h5,7-9,11,15-16,22H,2-4,6,10,12-13H2,1H3/t15-,16-/m1/s1. The zero-order valence-electron chi connectivity index (χ0n) is 14.1. The number of rotatable bonds is 6. The van der Waals surface area contributed by atoms with Gasteiger partial charge in [0.25, 0.3) is 0 Å². The predicted molar refractivity (Wildman–Crippen MR) is 95.1 cm³/mol. The van der Waals surface area contributed by atoms with Crippen molar-refractivity contribution < 1.29 is 9.84 Å². The zero-order chi connectivity index (χ0) is 16.8. The summed E-state index contributed by atoms with van der Waals surface area (Å²) in [4.78, 5) is 3.52. The minimum absolute atomic E-state index is 0.377. The number of thiophene rings is 1. The summed E-state index contributed by atoms with van der Waals surface area (Å²) >= 11 is 1.63. The van der Waals surface area contributed by atoms with Gasteiger partial charge in [0.2, 0.25) is 5.88 Å². The first-order valence-electron chi connectivity index (χ1n) is 8.58. The lowest BCUT2D eigenvalue weighted by molar-refractivity contribution is 0.0986. The second-order valence-electron chi connectivity index (χ2n) is 6.31. The fourth-order valence-corrected chi connectivity index (χ4v) is 4.04. The highest BCUT2D eigenvalue weighted by Crippen LogP contribution is 2.29. The lowest BCUT2D eigenvalue weighted by Crippen LogP contribution is -2.35. The molecule has 0 unspecified atom stereocenters. The lowest BCUT2D eigenvalue weighted by atomic mass is 10.0. The first kappa shape index (κ1) is 17.3.